The second-order valence-corrected chi connectivity index (χ2v) is 5.01. The van der Waals surface area contributed by atoms with E-state index in [-0.39, 0.29) is 0 Å². The molecule has 1 atom stereocenters. The van der Waals surface area contributed by atoms with Gasteiger partial charge < -0.3 is 5.73 Å². The van der Waals surface area contributed by atoms with Crippen molar-refractivity contribution >= 4 is 5.78 Å². The van der Waals surface area contributed by atoms with E-state index >= 15 is 0 Å². The molecule has 1 heterocycles. The lowest BCUT2D eigenvalue weighted by Gasteiger charge is -2.14. The lowest BCUT2D eigenvalue weighted by atomic mass is 9.92. The maximum atomic E-state index is 11.9. The zero-order chi connectivity index (χ0) is 13.4. The summed E-state index contributed by atoms with van der Waals surface area (Å²) < 4.78 is 1.73. The number of hydrogen-bond donors (Lipinski definition) is 1. The molecule has 0 aliphatic carbocycles. The standard InChI is InChI=1S/C14H25N3O/c1-3-4-12(7-8-15)5-6-14(18)9-13-10-16-17(2)11-13/h10-12H,3-9,15H2,1-2H3. The summed E-state index contributed by atoms with van der Waals surface area (Å²) in [6, 6.07) is 0. The fourth-order valence-corrected chi connectivity index (χ4v) is 2.32. The van der Waals surface area contributed by atoms with Crippen molar-refractivity contribution in [2.24, 2.45) is 18.7 Å². The molecule has 0 spiro atoms. The van der Waals surface area contributed by atoms with E-state index in [2.05, 4.69) is 12.0 Å². The Hall–Kier alpha value is -1.16. The Labute approximate surface area is 110 Å². The number of aryl methyl sites for hydroxylation is 1. The van der Waals surface area contributed by atoms with Crippen molar-refractivity contribution < 1.29 is 4.79 Å². The molecule has 1 aromatic rings. The number of hydrogen-bond acceptors (Lipinski definition) is 3. The third kappa shape index (κ3) is 5.45. The Bertz CT molecular complexity index is 354. The minimum absolute atomic E-state index is 0.307. The van der Waals surface area contributed by atoms with Gasteiger partial charge in [-0.3, -0.25) is 9.48 Å². The summed E-state index contributed by atoms with van der Waals surface area (Å²) in [6.07, 6.45) is 9.20. The summed E-state index contributed by atoms with van der Waals surface area (Å²) in [4.78, 5) is 11.9. The molecule has 0 radical (unpaired) electrons. The average Bonchev–Trinajstić information content (AvgIpc) is 2.72. The zero-order valence-corrected chi connectivity index (χ0v) is 11.6. The van der Waals surface area contributed by atoms with Crippen LogP contribution in [-0.4, -0.2) is 22.1 Å². The monoisotopic (exact) mass is 251 g/mol. The molecule has 4 nitrogen and oxygen atoms in total. The minimum Gasteiger partial charge on any atom is -0.330 e. The second-order valence-electron chi connectivity index (χ2n) is 5.01. The van der Waals surface area contributed by atoms with E-state index in [9.17, 15) is 4.79 Å². The van der Waals surface area contributed by atoms with Gasteiger partial charge in [0, 0.05) is 26.1 Å². The average molecular weight is 251 g/mol. The third-order valence-corrected chi connectivity index (χ3v) is 3.26. The van der Waals surface area contributed by atoms with Gasteiger partial charge in [-0.1, -0.05) is 19.8 Å². The van der Waals surface area contributed by atoms with Crippen LogP contribution in [0.4, 0.5) is 0 Å². The fraction of sp³-hybridized carbons (Fsp3) is 0.714. The molecule has 18 heavy (non-hydrogen) atoms. The molecule has 1 rings (SSSR count). The van der Waals surface area contributed by atoms with Crippen LogP contribution in [0.5, 0.6) is 0 Å². The Morgan fingerprint density at radius 2 is 2.22 bits per heavy atom. The molecular formula is C14H25N3O. The van der Waals surface area contributed by atoms with E-state index in [1.54, 1.807) is 10.9 Å². The Morgan fingerprint density at radius 1 is 1.44 bits per heavy atom. The van der Waals surface area contributed by atoms with Crippen LogP contribution >= 0.6 is 0 Å². The topological polar surface area (TPSA) is 60.9 Å². The Kier molecular flexibility index (Phi) is 6.65. The number of nitrogens with two attached hydrogens (primary N) is 1. The Balaban J connectivity index is 2.30. The summed E-state index contributed by atoms with van der Waals surface area (Å²) in [7, 11) is 1.87. The molecule has 0 saturated heterocycles. The predicted octanol–water partition coefficient (Wildman–Crippen LogP) is 2.08. The fourth-order valence-electron chi connectivity index (χ4n) is 2.32. The number of Topliss-reactive ketones (excluding diaryl/α,β-unsaturated/α-hetero) is 1. The lowest BCUT2D eigenvalue weighted by molar-refractivity contribution is -0.118. The summed E-state index contributed by atoms with van der Waals surface area (Å²) in [5.74, 6) is 0.916. The van der Waals surface area contributed by atoms with Crippen LogP contribution in [-0.2, 0) is 18.3 Å². The number of nitrogens with zero attached hydrogens (tertiary/aromatic N) is 2. The molecule has 4 heteroatoms. The highest BCUT2D eigenvalue weighted by Crippen LogP contribution is 2.17. The van der Waals surface area contributed by atoms with Crippen molar-refractivity contribution in [1.82, 2.24) is 9.78 Å². The Morgan fingerprint density at radius 3 is 2.78 bits per heavy atom. The van der Waals surface area contributed by atoms with Crippen molar-refractivity contribution in [3.63, 3.8) is 0 Å². The summed E-state index contributed by atoms with van der Waals surface area (Å²) in [5, 5.41) is 4.07. The van der Waals surface area contributed by atoms with Crippen molar-refractivity contribution in [1.29, 1.82) is 0 Å². The molecule has 2 N–H and O–H groups in total. The van der Waals surface area contributed by atoms with E-state index in [1.165, 1.54) is 12.8 Å². The van der Waals surface area contributed by atoms with Crippen LogP contribution in [0.1, 0.15) is 44.6 Å². The van der Waals surface area contributed by atoms with Gasteiger partial charge in [0.15, 0.2) is 0 Å². The molecule has 1 aromatic heterocycles. The molecule has 0 aliphatic heterocycles. The van der Waals surface area contributed by atoms with Crippen LogP contribution in [0.15, 0.2) is 12.4 Å². The largest absolute Gasteiger partial charge is 0.330 e. The highest BCUT2D eigenvalue weighted by molar-refractivity contribution is 5.80. The zero-order valence-electron chi connectivity index (χ0n) is 11.6. The van der Waals surface area contributed by atoms with Gasteiger partial charge in [0.1, 0.15) is 5.78 Å². The third-order valence-electron chi connectivity index (χ3n) is 3.26. The number of ketones is 1. The van der Waals surface area contributed by atoms with E-state index in [0.29, 0.717) is 24.5 Å². The van der Waals surface area contributed by atoms with Crippen LogP contribution < -0.4 is 5.73 Å². The molecule has 1 unspecified atom stereocenters. The molecule has 102 valence electrons. The van der Waals surface area contributed by atoms with Crippen molar-refractivity contribution in [2.75, 3.05) is 6.54 Å². The lowest BCUT2D eigenvalue weighted by Crippen LogP contribution is -2.11. The first-order chi connectivity index (χ1) is 8.65. The second kappa shape index (κ2) is 8.03. The summed E-state index contributed by atoms with van der Waals surface area (Å²) in [6.45, 7) is 2.91. The summed E-state index contributed by atoms with van der Waals surface area (Å²) in [5.41, 5.74) is 6.60. The maximum Gasteiger partial charge on any atom is 0.137 e. The molecule has 0 aliphatic rings. The number of rotatable bonds is 9. The highest BCUT2D eigenvalue weighted by Gasteiger charge is 2.11. The van der Waals surface area contributed by atoms with Crippen LogP contribution in [0.2, 0.25) is 0 Å². The molecule has 0 bridgehead atoms. The number of aromatic nitrogens is 2. The van der Waals surface area contributed by atoms with Crippen LogP contribution in [0, 0.1) is 5.92 Å². The van der Waals surface area contributed by atoms with E-state index in [1.807, 2.05) is 13.2 Å². The summed E-state index contributed by atoms with van der Waals surface area (Å²) >= 11 is 0. The van der Waals surface area contributed by atoms with Gasteiger partial charge in [-0.15, -0.1) is 0 Å². The predicted molar refractivity (Wildman–Crippen MR) is 73.2 cm³/mol. The quantitative estimate of drug-likeness (QED) is 0.731. The van der Waals surface area contributed by atoms with Gasteiger partial charge in [-0.25, -0.2) is 0 Å². The van der Waals surface area contributed by atoms with Gasteiger partial charge in [-0.05, 0) is 30.9 Å². The molecular weight excluding hydrogens is 226 g/mol. The smallest absolute Gasteiger partial charge is 0.137 e. The van der Waals surface area contributed by atoms with Crippen molar-refractivity contribution in [2.45, 2.75) is 45.4 Å². The van der Waals surface area contributed by atoms with Crippen molar-refractivity contribution in [3.05, 3.63) is 18.0 Å². The molecule has 0 fully saturated rings. The SMILES string of the molecule is CCCC(CCN)CCC(=O)Cc1cnn(C)c1. The van der Waals surface area contributed by atoms with Gasteiger partial charge in [0.05, 0.1) is 6.20 Å². The first kappa shape index (κ1) is 14.9. The van der Waals surface area contributed by atoms with Crippen LogP contribution in [0.3, 0.4) is 0 Å². The first-order valence-corrected chi connectivity index (χ1v) is 6.85. The normalized spacial score (nSPS) is 12.6. The number of carbonyl (C=O) groups is 1. The highest BCUT2D eigenvalue weighted by atomic mass is 16.1. The number of carbonyl (C=O) groups excluding carboxylic acids is 1. The van der Waals surface area contributed by atoms with Crippen LogP contribution in [0.25, 0.3) is 0 Å². The molecule has 0 amide bonds. The van der Waals surface area contributed by atoms with Crippen molar-refractivity contribution in [3.8, 4) is 0 Å². The van der Waals surface area contributed by atoms with Gasteiger partial charge in [-0.2, -0.15) is 5.10 Å². The van der Waals surface area contributed by atoms with E-state index in [0.717, 1.165) is 24.9 Å². The molecule has 0 saturated carbocycles. The van der Waals surface area contributed by atoms with E-state index < -0.39 is 0 Å². The van der Waals surface area contributed by atoms with E-state index in [4.69, 9.17) is 5.73 Å². The first-order valence-electron chi connectivity index (χ1n) is 6.85. The van der Waals surface area contributed by atoms with Gasteiger partial charge in [0.25, 0.3) is 0 Å². The maximum absolute atomic E-state index is 11.9. The van der Waals surface area contributed by atoms with Gasteiger partial charge >= 0.3 is 0 Å². The minimum atomic E-state index is 0.307. The molecule has 0 aromatic carbocycles. The van der Waals surface area contributed by atoms with Gasteiger partial charge in [0.2, 0.25) is 0 Å².